The number of rotatable bonds is 5. The topological polar surface area (TPSA) is 47.3 Å². The van der Waals surface area contributed by atoms with Crippen molar-refractivity contribution in [3.05, 3.63) is 23.8 Å². The molecule has 15 heavy (non-hydrogen) atoms. The molecule has 0 saturated carbocycles. The first-order valence-corrected chi connectivity index (χ1v) is 5.26. The van der Waals surface area contributed by atoms with Crippen LogP contribution in [0.3, 0.4) is 0 Å². The van der Waals surface area contributed by atoms with Crippen molar-refractivity contribution in [2.24, 2.45) is 5.92 Å². The first-order chi connectivity index (χ1) is 7.13. The Bertz CT molecular complexity index is 310. The SMILES string of the molecule is COc1ccc(N)cc1CNCC(C)C. The fourth-order valence-electron chi connectivity index (χ4n) is 1.43. The summed E-state index contributed by atoms with van der Waals surface area (Å²) in [6.45, 7) is 6.16. The van der Waals surface area contributed by atoms with Crippen LogP contribution in [0.1, 0.15) is 19.4 Å². The first kappa shape index (κ1) is 11.9. The highest BCUT2D eigenvalue weighted by atomic mass is 16.5. The van der Waals surface area contributed by atoms with Gasteiger partial charge in [-0.25, -0.2) is 0 Å². The van der Waals surface area contributed by atoms with Crippen LogP contribution in [0.5, 0.6) is 5.75 Å². The largest absolute Gasteiger partial charge is 0.496 e. The standard InChI is InChI=1S/C12H20N2O/c1-9(2)7-14-8-10-6-11(13)4-5-12(10)15-3/h4-6,9,14H,7-8,13H2,1-3H3. The molecule has 0 aliphatic carbocycles. The van der Waals surface area contributed by atoms with Crippen LogP contribution in [-0.2, 0) is 6.54 Å². The first-order valence-electron chi connectivity index (χ1n) is 5.26. The van der Waals surface area contributed by atoms with E-state index in [-0.39, 0.29) is 0 Å². The number of nitrogens with one attached hydrogen (secondary N) is 1. The molecule has 1 rings (SSSR count). The average Bonchev–Trinajstić information content (AvgIpc) is 2.17. The van der Waals surface area contributed by atoms with Crippen molar-refractivity contribution in [3.8, 4) is 5.75 Å². The van der Waals surface area contributed by atoms with Gasteiger partial charge in [0, 0.05) is 17.8 Å². The lowest BCUT2D eigenvalue weighted by Crippen LogP contribution is -2.19. The molecule has 3 N–H and O–H groups in total. The van der Waals surface area contributed by atoms with Gasteiger partial charge in [-0.15, -0.1) is 0 Å². The van der Waals surface area contributed by atoms with Crippen LogP contribution in [0.2, 0.25) is 0 Å². The summed E-state index contributed by atoms with van der Waals surface area (Å²) in [6, 6.07) is 5.71. The molecule has 0 fully saturated rings. The Labute approximate surface area is 91.6 Å². The number of hydrogen-bond donors (Lipinski definition) is 2. The molecule has 0 aromatic heterocycles. The third-order valence-electron chi connectivity index (χ3n) is 2.17. The van der Waals surface area contributed by atoms with E-state index in [0.29, 0.717) is 5.92 Å². The smallest absolute Gasteiger partial charge is 0.123 e. The monoisotopic (exact) mass is 208 g/mol. The van der Waals surface area contributed by atoms with E-state index in [4.69, 9.17) is 10.5 Å². The molecule has 0 aliphatic heterocycles. The Kier molecular flexibility index (Phi) is 4.43. The lowest BCUT2D eigenvalue weighted by atomic mass is 10.1. The predicted octanol–water partition coefficient (Wildman–Crippen LogP) is 2.02. The number of benzene rings is 1. The number of hydrogen-bond acceptors (Lipinski definition) is 3. The quantitative estimate of drug-likeness (QED) is 0.728. The molecule has 0 spiro atoms. The summed E-state index contributed by atoms with van der Waals surface area (Å²) in [4.78, 5) is 0. The van der Waals surface area contributed by atoms with Crippen LogP contribution in [0.25, 0.3) is 0 Å². The van der Waals surface area contributed by atoms with E-state index in [0.717, 1.165) is 30.1 Å². The minimum absolute atomic E-state index is 0.650. The molecule has 0 saturated heterocycles. The maximum absolute atomic E-state index is 5.73. The summed E-state index contributed by atoms with van der Waals surface area (Å²) in [5.74, 6) is 1.54. The molecule has 1 aromatic carbocycles. The van der Waals surface area contributed by atoms with Crippen molar-refractivity contribution in [2.75, 3.05) is 19.4 Å². The lowest BCUT2D eigenvalue weighted by molar-refractivity contribution is 0.407. The molecule has 3 nitrogen and oxygen atoms in total. The maximum atomic E-state index is 5.73. The van der Waals surface area contributed by atoms with Crippen molar-refractivity contribution in [3.63, 3.8) is 0 Å². The molecule has 0 aliphatic rings. The number of anilines is 1. The minimum atomic E-state index is 0.650. The van der Waals surface area contributed by atoms with E-state index in [2.05, 4.69) is 19.2 Å². The second-order valence-electron chi connectivity index (χ2n) is 4.10. The number of nitrogens with two attached hydrogens (primary N) is 1. The van der Waals surface area contributed by atoms with E-state index >= 15 is 0 Å². The van der Waals surface area contributed by atoms with Gasteiger partial charge in [0.25, 0.3) is 0 Å². The van der Waals surface area contributed by atoms with Crippen LogP contribution < -0.4 is 15.8 Å². The number of methoxy groups -OCH3 is 1. The van der Waals surface area contributed by atoms with Crippen molar-refractivity contribution in [1.29, 1.82) is 0 Å². The van der Waals surface area contributed by atoms with Crippen LogP contribution in [0.15, 0.2) is 18.2 Å². The summed E-state index contributed by atoms with van der Waals surface area (Å²) in [5.41, 5.74) is 7.61. The van der Waals surface area contributed by atoms with Crippen molar-refractivity contribution in [2.45, 2.75) is 20.4 Å². The van der Waals surface area contributed by atoms with Crippen molar-refractivity contribution >= 4 is 5.69 Å². The fraction of sp³-hybridized carbons (Fsp3) is 0.500. The van der Waals surface area contributed by atoms with Crippen molar-refractivity contribution < 1.29 is 4.74 Å². The van der Waals surface area contributed by atoms with E-state index < -0.39 is 0 Å². The van der Waals surface area contributed by atoms with Gasteiger partial charge in [-0.05, 0) is 30.7 Å². The molecular formula is C12H20N2O. The third-order valence-corrected chi connectivity index (χ3v) is 2.17. The molecule has 3 heteroatoms. The van der Waals surface area contributed by atoms with E-state index in [1.54, 1.807) is 7.11 Å². The Morgan fingerprint density at radius 2 is 2.13 bits per heavy atom. The van der Waals surface area contributed by atoms with Crippen LogP contribution in [0.4, 0.5) is 5.69 Å². The molecule has 0 radical (unpaired) electrons. The highest BCUT2D eigenvalue weighted by Gasteiger charge is 2.03. The van der Waals surface area contributed by atoms with E-state index in [9.17, 15) is 0 Å². The third kappa shape index (κ3) is 3.80. The molecule has 0 amide bonds. The Morgan fingerprint density at radius 1 is 1.40 bits per heavy atom. The van der Waals surface area contributed by atoms with Gasteiger partial charge in [0.2, 0.25) is 0 Å². The summed E-state index contributed by atoms with van der Waals surface area (Å²) in [6.07, 6.45) is 0. The zero-order valence-electron chi connectivity index (χ0n) is 9.71. The van der Waals surface area contributed by atoms with E-state index in [1.807, 2.05) is 18.2 Å². The molecule has 84 valence electrons. The minimum Gasteiger partial charge on any atom is -0.496 e. The molecule has 0 heterocycles. The summed E-state index contributed by atoms with van der Waals surface area (Å²) in [5, 5.41) is 3.37. The second kappa shape index (κ2) is 5.61. The average molecular weight is 208 g/mol. The van der Waals surface area contributed by atoms with Gasteiger partial charge in [-0.3, -0.25) is 0 Å². The highest BCUT2D eigenvalue weighted by Crippen LogP contribution is 2.20. The van der Waals surface area contributed by atoms with Crippen LogP contribution >= 0.6 is 0 Å². The molecule has 0 bridgehead atoms. The van der Waals surface area contributed by atoms with E-state index in [1.165, 1.54) is 0 Å². The normalized spacial score (nSPS) is 10.7. The summed E-state index contributed by atoms with van der Waals surface area (Å²) >= 11 is 0. The van der Waals surface area contributed by atoms with Gasteiger partial charge >= 0.3 is 0 Å². The maximum Gasteiger partial charge on any atom is 0.123 e. The van der Waals surface area contributed by atoms with Gasteiger partial charge in [0.15, 0.2) is 0 Å². The number of ether oxygens (including phenoxy) is 1. The molecule has 1 aromatic rings. The van der Waals surface area contributed by atoms with Gasteiger partial charge in [-0.2, -0.15) is 0 Å². The Hall–Kier alpha value is -1.22. The zero-order chi connectivity index (χ0) is 11.3. The number of nitrogen functional groups attached to an aromatic ring is 1. The fourth-order valence-corrected chi connectivity index (χ4v) is 1.43. The highest BCUT2D eigenvalue weighted by molar-refractivity contribution is 5.47. The Balaban J connectivity index is 2.62. The van der Waals surface area contributed by atoms with Crippen LogP contribution in [-0.4, -0.2) is 13.7 Å². The lowest BCUT2D eigenvalue weighted by Gasteiger charge is -2.11. The molecule has 0 unspecified atom stereocenters. The van der Waals surface area contributed by atoms with Crippen LogP contribution in [0, 0.1) is 5.92 Å². The second-order valence-corrected chi connectivity index (χ2v) is 4.10. The predicted molar refractivity (Wildman–Crippen MR) is 64.0 cm³/mol. The van der Waals surface area contributed by atoms with Gasteiger partial charge < -0.3 is 15.8 Å². The summed E-state index contributed by atoms with van der Waals surface area (Å²) in [7, 11) is 1.68. The van der Waals surface area contributed by atoms with Gasteiger partial charge in [0.1, 0.15) is 5.75 Å². The summed E-state index contributed by atoms with van der Waals surface area (Å²) < 4.78 is 5.26. The molecular weight excluding hydrogens is 188 g/mol. The zero-order valence-corrected chi connectivity index (χ0v) is 9.71. The van der Waals surface area contributed by atoms with Crippen molar-refractivity contribution in [1.82, 2.24) is 5.32 Å². The van der Waals surface area contributed by atoms with Gasteiger partial charge in [0.05, 0.1) is 7.11 Å². The van der Waals surface area contributed by atoms with Gasteiger partial charge in [-0.1, -0.05) is 13.8 Å². The Morgan fingerprint density at radius 3 is 2.73 bits per heavy atom. The molecule has 0 atom stereocenters.